The molecule has 0 atom stereocenters. The number of nitrogens with zero attached hydrogens (tertiary/aromatic N) is 3. The van der Waals surface area contributed by atoms with E-state index in [9.17, 15) is 0 Å². The van der Waals surface area contributed by atoms with E-state index >= 15 is 0 Å². The fraction of sp³-hybridized carbons (Fsp3) is 0.833. The molecule has 0 unspecified atom stereocenters. The maximum atomic E-state index is 5.25. The van der Waals surface area contributed by atoms with E-state index in [1.165, 1.54) is 25.7 Å². The molecule has 138 valence electrons. The Bertz CT molecular complexity index is 493. The standard InChI is InChI=1S/C18H35N5O/c1-7-8-9-11-18(4,5)13-21-17(19-6)20-12-10-15-22-16(14(2)3)23-24-15/h14H,7-13H2,1-6H3,(H2,19,20,21). The van der Waals surface area contributed by atoms with Crippen molar-refractivity contribution < 1.29 is 4.52 Å². The van der Waals surface area contributed by atoms with E-state index in [1.54, 1.807) is 7.05 Å². The quantitative estimate of drug-likeness (QED) is 0.388. The molecule has 0 aliphatic carbocycles. The maximum Gasteiger partial charge on any atom is 0.228 e. The Morgan fingerprint density at radius 2 is 2.00 bits per heavy atom. The topological polar surface area (TPSA) is 75.3 Å². The fourth-order valence-corrected chi connectivity index (χ4v) is 2.38. The molecule has 0 aliphatic rings. The van der Waals surface area contributed by atoms with Gasteiger partial charge in [-0.25, -0.2) is 0 Å². The molecule has 1 aromatic heterocycles. The second kappa shape index (κ2) is 10.3. The second-order valence-corrected chi connectivity index (χ2v) is 7.42. The minimum Gasteiger partial charge on any atom is -0.356 e. The van der Waals surface area contributed by atoms with Crippen LogP contribution in [0.25, 0.3) is 0 Å². The number of hydrogen-bond donors (Lipinski definition) is 2. The Hall–Kier alpha value is -1.59. The Labute approximate surface area is 146 Å². The van der Waals surface area contributed by atoms with E-state index in [0.717, 1.165) is 24.9 Å². The normalized spacial score (nSPS) is 12.7. The van der Waals surface area contributed by atoms with E-state index < -0.39 is 0 Å². The molecule has 0 saturated carbocycles. The van der Waals surface area contributed by atoms with Gasteiger partial charge in [0.2, 0.25) is 5.89 Å². The van der Waals surface area contributed by atoms with Crippen LogP contribution in [0, 0.1) is 5.41 Å². The zero-order valence-electron chi connectivity index (χ0n) is 16.3. The van der Waals surface area contributed by atoms with Gasteiger partial charge in [0, 0.05) is 32.5 Å². The van der Waals surface area contributed by atoms with Crippen LogP contribution >= 0.6 is 0 Å². The molecule has 0 bridgehead atoms. The van der Waals surface area contributed by atoms with Crippen LogP contribution in [0.5, 0.6) is 0 Å². The van der Waals surface area contributed by atoms with Gasteiger partial charge in [0.05, 0.1) is 0 Å². The van der Waals surface area contributed by atoms with Crippen molar-refractivity contribution in [2.75, 3.05) is 20.1 Å². The molecule has 0 aromatic carbocycles. The van der Waals surface area contributed by atoms with Crippen LogP contribution in [0.1, 0.15) is 77.9 Å². The van der Waals surface area contributed by atoms with Crippen molar-refractivity contribution in [1.29, 1.82) is 0 Å². The first-order chi connectivity index (χ1) is 11.4. The molecule has 1 heterocycles. The first-order valence-corrected chi connectivity index (χ1v) is 9.15. The third kappa shape index (κ3) is 7.79. The second-order valence-electron chi connectivity index (χ2n) is 7.42. The first-order valence-electron chi connectivity index (χ1n) is 9.15. The molecule has 0 aliphatic heterocycles. The summed E-state index contributed by atoms with van der Waals surface area (Å²) in [5.41, 5.74) is 0.269. The van der Waals surface area contributed by atoms with Gasteiger partial charge in [-0.3, -0.25) is 4.99 Å². The highest BCUT2D eigenvalue weighted by Gasteiger charge is 2.17. The van der Waals surface area contributed by atoms with Crippen LogP contribution < -0.4 is 10.6 Å². The molecule has 24 heavy (non-hydrogen) atoms. The lowest BCUT2D eigenvalue weighted by atomic mass is 9.87. The molecular formula is C18H35N5O. The van der Waals surface area contributed by atoms with Crippen molar-refractivity contribution >= 4 is 5.96 Å². The van der Waals surface area contributed by atoms with Crippen molar-refractivity contribution in [2.24, 2.45) is 10.4 Å². The Balaban J connectivity index is 2.31. The van der Waals surface area contributed by atoms with Crippen molar-refractivity contribution in [1.82, 2.24) is 20.8 Å². The van der Waals surface area contributed by atoms with Gasteiger partial charge in [-0.2, -0.15) is 4.98 Å². The molecular weight excluding hydrogens is 302 g/mol. The van der Waals surface area contributed by atoms with Gasteiger partial charge in [-0.05, 0) is 11.8 Å². The van der Waals surface area contributed by atoms with Crippen molar-refractivity contribution in [3.63, 3.8) is 0 Å². The van der Waals surface area contributed by atoms with Gasteiger partial charge in [-0.1, -0.05) is 59.0 Å². The summed E-state index contributed by atoms with van der Waals surface area (Å²) in [7, 11) is 1.79. The first kappa shape index (κ1) is 20.5. The van der Waals surface area contributed by atoms with Crippen LogP contribution in [0.15, 0.2) is 9.52 Å². The van der Waals surface area contributed by atoms with Crippen molar-refractivity contribution in [2.45, 2.75) is 72.6 Å². The molecule has 0 saturated heterocycles. The van der Waals surface area contributed by atoms with Gasteiger partial charge < -0.3 is 15.2 Å². The van der Waals surface area contributed by atoms with Gasteiger partial charge >= 0.3 is 0 Å². The summed E-state index contributed by atoms with van der Waals surface area (Å²) in [4.78, 5) is 8.66. The average Bonchev–Trinajstić information content (AvgIpc) is 3.00. The molecule has 0 spiro atoms. The molecule has 6 heteroatoms. The number of aliphatic imine (C=N–C) groups is 1. The number of unbranched alkanes of at least 4 members (excludes halogenated alkanes) is 2. The summed E-state index contributed by atoms with van der Waals surface area (Å²) in [5, 5.41) is 10.7. The lowest BCUT2D eigenvalue weighted by Crippen LogP contribution is -2.42. The van der Waals surface area contributed by atoms with Crippen LogP contribution in [0.3, 0.4) is 0 Å². The number of guanidine groups is 1. The van der Waals surface area contributed by atoms with Crippen LogP contribution in [-0.4, -0.2) is 36.2 Å². The van der Waals surface area contributed by atoms with E-state index in [2.05, 4.69) is 60.4 Å². The number of rotatable bonds is 10. The largest absolute Gasteiger partial charge is 0.356 e. The predicted molar refractivity (Wildman–Crippen MR) is 99.4 cm³/mol. The molecule has 0 radical (unpaired) electrons. The summed E-state index contributed by atoms with van der Waals surface area (Å²) >= 11 is 0. The third-order valence-electron chi connectivity index (χ3n) is 4.05. The number of nitrogens with one attached hydrogen (secondary N) is 2. The predicted octanol–water partition coefficient (Wildman–Crippen LogP) is 3.51. The average molecular weight is 338 g/mol. The van der Waals surface area contributed by atoms with Crippen LogP contribution in [-0.2, 0) is 6.42 Å². The minimum atomic E-state index is 0.269. The van der Waals surface area contributed by atoms with E-state index in [1.807, 2.05) is 0 Å². The van der Waals surface area contributed by atoms with Gasteiger partial charge in [0.15, 0.2) is 11.8 Å². The van der Waals surface area contributed by atoms with Crippen LogP contribution in [0.2, 0.25) is 0 Å². The highest BCUT2D eigenvalue weighted by molar-refractivity contribution is 5.79. The summed E-state index contributed by atoms with van der Waals surface area (Å²) in [5.74, 6) is 2.55. The van der Waals surface area contributed by atoms with Gasteiger partial charge in [-0.15, -0.1) is 0 Å². The highest BCUT2D eigenvalue weighted by Crippen LogP contribution is 2.22. The van der Waals surface area contributed by atoms with E-state index in [-0.39, 0.29) is 5.41 Å². The summed E-state index contributed by atoms with van der Waals surface area (Å²) in [6, 6.07) is 0. The van der Waals surface area contributed by atoms with Gasteiger partial charge in [0.25, 0.3) is 0 Å². The minimum absolute atomic E-state index is 0.269. The molecule has 1 aromatic rings. The van der Waals surface area contributed by atoms with E-state index in [0.29, 0.717) is 18.2 Å². The Kier molecular flexibility index (Phi) is 8.79. The fourth-order valence-electron chi connectivity index (χ4n) is 2.38. The molecule has 2 N–H and O–H groups in total. The Morgan fingerprint density at radius 3 is 2.58 bits per heavy atom. The Morgan fingerprint density at radius 1 is 1.25 bits per heavy atom. The number of hydrogen-bond acceptors (Lipinski definition) is 4. The monoisotopic (exact) mass is 337 g/mol. The van der Waals surface area contributed by atoms with Crippen LogP contribution in [0.4, 0.5) is 0 Å². The van der Waals surface area contributed by atoms with Gasteiger partial charge in [0.1, 0.15) is 0 Å². The number of aromatic nitrogens is 2. The summed E-state index contributed by atoms with van der Waals surface area (Å²) in [6.45, 7) is 12.6. The summed E-state index contributed by atoms with van der Waals surface area (Å²) in [6.07, 6.45) is 5.78. The summed E-state index contributed by atoms with van der Waals surface area (Å²) < 4.78 is 5.25. The molecule has 0 fully saturated rings. The zero-order chi connectivity index (χ0) is 18.0. The van der Waals surface area contributed by atoms with Crippen molar-refractivity contribution in [3.8, 4) is 0 Å². The molecule has 1 rings (SSSR count). The van der Waals surface area contributed by atoms with E-state index in [4.69, 9.17) is 4.52 Å². The SMILES string of the molecule is CCCCCC(C)(C)CNC(=NC)NCCc1nc(C(C)C)no1. The lowest BCUT2D eigenvalue weighted by Gasteiger charge is -2.26. The smallest absolute Gasteiger partial charge is 0.228 e. The molecule has 0 amide bonds. The van der Waals surface area contributed by atoms with Crippen molar-refractivity contribution in [3.05, 3.63) is 11.7 Å². The zero-order valence-corrected chi connectivity index (χ0v) is 16.3. The molecule has 6 nitrogen and oxygen atoms in total. The highest BCUT2D eigenvalue weighted by atomic mass is 16.5. The maximum absolute atomic E-state index is 5.25. The lowest BCUT2D eigenvalue weighted by molar-refractivity contribution is 0.318. The third-order valence-corrected chi connectivity index (χ3v) is 4.05.